The van der Waals surface area contributed by atoms with Crippen molar-refractivity contribution in [2.75, 3.05) is 13.2 Å². The molecule has 5 heteroatoms. The summed E-state index contributed by atoms with van der Waals surface area (Å²) < 4.78 is 11.2. The van der Waals surface area contributed by atoms with Gasteiger partial charge in [0.2, 0.25) is 0 Å². The van der Waals surface area contributed by atoms with Crippen LogP contribution in [-0.2, 0) is 0 Å². The van der Waals surface area contributed by atoms with Gasteiger partial charge in [-0.3, -0.25) is 4.79 Å². The van der Waals surface area contributed by atoms with Crippen LogP contribution in [0, 0.1) is 13.8 Å². The third-order valence-electron chi connectivity index (χ3n) is 4.08. The van der Waals surface area contributed by atoms with E-state index in [1.54, 1.807) is 24.3 Å². The van der Waals surface area contributed by atoms with E-state index in [0.29, 0.717) is 18.8 Å². The van der Waals surface area contributed by atoms with Crippen LogP contribution in [0.3, 0.4) is 0 Å². The maximum atomic E-state index is 12.3. The molecule has 5 nitrogen and oxygen atoms in total. The standard InChI is InChI=1S/C22H28N2O3/c1-6-12-27-20-10-8-18(9-11-20)22(25)24-23-17(5)19-13-15(3)21(26-7-2)16(4)14-19/h8-11,13-14H,6-7,12H2,1-5H3,(H,24,25)/b23-17-. The Bertz CT molecular complexity index is 788. The first-order chi connectivity index (χ1) is 13.0. The Morgan fingerprint density at radius 3 is 2.19 bits per heavy atom. The highest BCUT2D eigenvalue weighted by atomic mass is 16.5. The smallest absolute Gasteiger partial charge is 0.271 e. The first kappa shape index (κ1) is 20.5. The summed E-state index contributed by atoms with van der Waals surface area (Å²) in [5.74, 6) is 1.41. The van der Waals surface area contributed by atoms with E-state index < -0.39 is 0 Å². The van der Waals surface area contributed by atoms with Crippen molar-refractivity contribution in [1.29, 1.82) is 0 Å². The maximum absolute atomic E-state index is 12.3. The van der Waals surface area contributed by atoms with Crippen molar-refractivity contribution in [3.63, 3.8) is 0 Å². The summed E-state index contributed by atoms with van der Waals surface area (Å²) in [6, 6.07) is 11.1. The third kappa shape index (κ3) is 5.58. The van der Waals surface area contributed by atoms with Gasteiger partial charge in [0.05, 0.1) is 18.9 Å². The van der Waals surface area contributed by atoms with Gasteiger partial charge in [-0.2, -0.15) is 5.10 Å². The van der Waals surface area contributed by atoms with Crippen molar-refractivity contribution >= 4 is 11.6 Å². The number of carbonyl (C=O) groups excluding carboxylic acids is 1. The van der Waals surface area contributed by atoms with Crippen LogP contribution in [0.2, 0.25) is 0 Å². The van der Waals surface area contributed by atoms with Crippen LogP contribution < -0.4 is 14.9 Å². The van der Waals surface area contributed by atoms with Gasteiger partial charge in [0.25, 0.3) is 5.91 Å². The predicted molar refractivity (Wildman–Crippen MR) is 109 cm³/mol. The molecule has 0 atom stereocenters. The van der Waals surface area contributed by atoms with Crippen LogP contribution >= 0.6 is 0 Å². The predicted octanol–water partition coefficient (Wildman–Crippen LogP) is 4.64. The van der Waals surface area contributed by atoms with Crippen molar-refractivity contribution in [3.05, 3.63) is 58.7 Å². The minimum absolute atomic E-state index is 0.254. The average Bonchev–Trinajstić information content (AvgIpc) is 2.67. The zero-order chi connectivity index (χ0) is 19.8. The normalized spacial score (nSPS) is 11.2. The fourth-order valence-corrected chi connectivity index (χ4v) is 2.72. The highest BCUT2D eigenvalue weighted by Crippen LogP contribution is 2.25. The minimum Gasteiger partial charge on any atom is -0.494 e. The number of nitrogens with one attached hydrogen (secondary N) is 1. The van der Waals surface area contributed by atoms with Gasteiger partial charge >= 0.3 is 0 Å². The molecule has 0 heterocycles. The van der Waals surface area contributed by atoms with Crippen molar-refractivity contribution in [3.8, 4) is 11.5 Å². The summed E-state index contributed by atoms with van der Waals surface area (Å²) >= 11 is 0. The Morgan fingerprint density at radius 2 is 1.63 bits per heavy atom. The number of rotatable bonds is 8. The molecule has 0 bridgehead atoms. The highest BCUT2D eigenvalue weighted by molar-refractivity contribution is 6.01. The topological polar surface area (TPSA) is 59.9 Å². The number of hydrogen-bond acceptors (Lipinski definition) is 4. The molecular formula is C22H28N2O3. The number of amides is 1. The number of ether oxygens (including phenoxy) is 2. The summed E-state index contributed by atoms with van der Waals surface area (Å²) in [7, 11) is 0. The zero-order valence-corrected chi connectivity index (χ0v) is 16.8. The molecule has 144 valence electrons. The number of nitrogens with zero attached hydrogens (tertiary/aromatic N) is 1. The first-order valence-electron chi connectivity index (χ1n) is 9.28. The lowest BCUT2D eigenvalue weighted by Crippen LogP contribution is -2.19. The molecule has 1 N–H and O–H groups in total. The molecule has 0 saturated heterocycles. The van der Waals surface area contributed by atoms with Gasteiger partial charge in [-0.15, -0.1) is 0 Å². The van der Waals surface area contributed by atoms with Gasteiger partial charge in [0, 0.05) is 5.56 Å². The molecule has 0 aliphatic carbocycles. The van der Waals surface area contributed by atoms with Gasteiger partial charge in [-0.25, -0.2) is 5.43 Å². The van der Waals surface area contributed by atoms with Crippen LogP contribution in [0.25, 0.3) is 0 Å². The van der Waals surface area contributed by atoms with E-state index in [1.165, 1.54) is 0 Å². The van der Waals surface area contributed by atoms with Crippen molar-refractivity contribution in [2.24, 2.45) is 5.10 Å². The lowest BCUT2D eigenvalue weighted by atomic mass is 10.0. The number of carbonyl (C=O) groups is 1. The molecule has 1 amide bonds. The van der Waals surface area contributed by atoms with E-state index in [9.17, 15) is 4.79 Å². The summed E-state index contributed by atoms with van der Waals surface area (Å²) in [6.07, 6.45) is 0.945. The summed E-state index contributed by atoms with van der Waals surface area (Å²) in [4.78, 5) is 12.3. The number of hydrogen-bond donors (Lipinski definition) is 1. The minimum atomic E-state index is -0.254. The molecule has 2 aromatic carbocycles. The van der Waals surface area contributed by atoms with E-state index in [1.807, 2.05) is 39.8 Å². The largest absolute Gasteiger partial charge is 0.494 e. The van der Waals surface area contributed by atoms with E-state index in [4.69, 9.17) is 9.47 Å². The average molecular weight is 368 g/mol. The molecule has 0 aliphatic rings. The van der Waals surface area contributed by atoms with Gasteiger partial charge in [-0.05, 0) is 87.2 Å². The SMILES string of the molecule is CCCOc1ccc(C(=O)N/N=C(/C)c2cc(C)c(OCC)c(C)c2)cc1. The monoisotopic (exact) mass is 368 g/mol. The Balaban J connectivity index is 2.07. The molecule has 0 spiro atoms. The molecule has 2 rings (SSSR count). The molecule has 27 heavy (non-hydrogen) atoms. The Labute approximate surface area is 161 Å². The van der Waals surface area contributed by atoms with Crippen molar-refractivity contribution < 1.29 is 14.3 Å². The summed E-state index contributed by atoms with van der Waals surface area (Å²) in [5, 5.41) is 4.25. The molecular weight excluding hydrogens is 340 g/mol. The number of benzene rings is 2. The molecule has 0 saturated carbocycles. The molecule has 2 aromatic rings. The van der Waals surface area contributed by atoms with Crippen molar-refractivity contribution in [2.45, 2.75) is 41.0 Å². The summed E-state index contributed by atoms with van der Waals surface area (Å²) in [6.45, 7) is 11.2. The third-order valence-corrected chi connectivity index (χ3v) is 4.08. The zero-order valence-electron chi connectivity index (χ0n) is 16.8. The fraction of sp³-hybridized carbons (Fsp3) is 0.364. The Morgan fingerprint density at radius 1 is 1.00 bits per heavy atom. The highest BCUT2D eigenvalue weighted by Gasteiger charge is 2.09. The second-order valence-corrected chi connectivity index (χ2v) is 6.38. The van der Waals surface area contributed by atoms with E-state index in [-0.39, 0.29) is 5.91 Å². The molecule has 0 aliphatic heterocycles. The fourth-order valence-electron chi connectivity index (χ4n) is 2.72. The van der Waals surface area contributed by atoms with Crippen LogP contribution in [0.4, 0.5) is 0 Å². The van der Waals surface area contributed by atoms with E-state index in [0.717, 1.165) is 40.3 Å². The maximum Gasteiger partial charge on any atom is 0.271 e. The van der Waals surface area contributed by atoms with Gasteiger partial charge in [-0.1, -0.05) is 6.92 Å². The summed E-state index contributed by atoms with van der Waals surface area (Å²) in [5.41, 5.74) is 6.95. The van der Waals surface area contributed by atoms with Gasteiger partial charge in [0.1, 0.15) is 11.5 Å². The number of hydrazone groups is 1. The first-order valence-corrected chi connectivity index (χ1v) is 9.28. The van der Waals surface area contributed by atoms with Crippen LogP contribution in [0.1, 0.15) is 54.2 Å². The lowest BCUT2D eigenvalue weighted by Gasteiger charge is -2.13. The Kier molecular flexibility index (Phi) is 7.41. The Hall–Kier alpha value is -2.82. The van der Waals surface area contributed by atoms with E-state index >= 15 is 0 Å². The molecule has 0 unspecified atom stereocenters. The van der Waals surface area contributed by atoms with E-state index in [2.05, 4.69) is 17.5 Å². The second-order valence-electron chi connectivity index (χ2n) is 6.38. The molecule has 0 aromatic heterocycles. The van der Waals surface area contributed by atoms with Gasteiger partial charge < -0.3 is 9.47 Å². The molecule has 0 radical (unpaired) electrons. The lowest BCUT2D eigenvalue weighted by molar-refractivity contribution is 0.0955. The van der Waals surface area contributed by atoms with Gasteiger partial charge in [0.15, 0.2) is 0 Å². The van der Waals surface area contributed by atoms with Crippen LogP contribution in [0.5, 0.6) is 11.5 Å². The number of aryl methyl sites for hydroxylation is 2. The van der Waals surface area contributed by atoms with Crippen LogP contribution in [0.15, 0.2) is 41.5 Å². The quantitative estimate of drug-likeness (QED) is 0.545. The van der Waals surface area contributed by atoms with Crippen LogP contribution in [-0.4, -0.2) is 24.8 Å². The second kappa shape index (κ2) is 9.76. The van der Waals surface area contributed by atoms with Crippen molar-refractivity contribution in [1.82, 2.24) is 5.43 Å². The molecule has 0 fully saturated rings.